The van der Waals surface area contributed by atoms with Crippen LogP contribution in [0.4, 0.5) is 11.6 Å². The number of rotatable bonds is 6. The van der Waals surface area contributed by atoms with Crippen LogP contribution in [0.3, 0.4) is 0 Å². The maximum atomic E-state index is 5.49. The van der Waals surface area contributed by atoms with Crippen molar-refractivity contribution in [3.63, 3.8) is 0 Å². The molecule has 2 rings (SSSR count). The number of nitrogen functional groups attached to an aromatic ring is 1. The SMILES string of the molecule is CCc1nc(NN)c(C)c(NCCc2nccn2C)n1. The van der Waals surface area contributed by atoms with Gasteiger partial charge in [-0.05, 0) is 6.92 Å². The van der Waals surface area contributed by atoms with Gasteiger partial charge in [-0.3, -0.25) is 0 Å². The molecule has 0 bridgehead atoms. The van der Waals surface area contributed by atoms with Gasteiger partial charge in [0.25, 0.3) is 0 Å². The summed E-state index contributed by atoms with van der Waals surface area (Å²) in [6, 6.07) is 0. The van der Waals surface area contributed by atoms with Crippen molar-refractivity contribution in [2.75, 3.05) is 17.3 Å². The Morgan fingerprint density at radius 2 is 2.05 bits per heavy atom. The monoisotopic (exact) mass is 275 g/mol. The van der Waals surface area contributed by atoms with Crippen LogP contribution in [0, 0.1) is 6.92 Å². The zero-order valence-electron chi connectivity index (χ0n) is 12.1. The lowest BCUT2D eigenvalue weighted by Crippen LogP contribution is -2.16. The molecule has 20 heavy (non-hydrogen) atoms. The van der Waals surface area contributed by atoms with E-state index in [2.05, 4.69) is 25.7 Å². The number of hydrogen-bond donors (Lipinski definition) is 3. The van der Waals surface area contributed by atoms with Crippen molar-refractivity contribution in [3.05, 3.63) is 29.6 Å². The Labute approximate surface area is 118 Å². The van der Waals surface area contributed by atoms with Crippen molar-refractivity contribution in [3.8, 4) is 0 Å². The lowest BCUT2D eigenvalue weighted by Gasteiger charge is -2.13. The lowest BCUT2D eigenvalue weighted by atomic mass is 10.3. The first-order valence-electron chi connectivity index (χ1n) is 6.70. The van der Waals surface area contributed by atoms with Gasteiger partial charge in [0, 0.05) is 44.4 Å². The zero-order chi connectivity index (χ0) is 14.5. The number of nitrogens with two attached hydrogens (primary N) is 1. The molecule has 2 heterocycles. The van der Waals surface area contributed by atoms with Gasteiger partial charge in [-0.2, -0.15) is 0 Å². The van der Waals surface area contributed by atoms with Gasteiger partial charge < -0.3 is 15.3 Å². The molecule has 0 spiro atoms. The minimum Gasteiger partial charge on any atom is -0.369 e. The standard InChI is InChI=1S/C13H21N7/c1-4-10-17-12(9(2)13(18-10)19-14)16-6-5-11-15-7-8-20(11)3/h7-8H,4-6,14H2,1-3H3,(H2,16,17,18,19). The van der Waals surface area contributed by atoms with Gasteiger partial charge in [0.2, 0.25) is 0 Å². The van der Waals surface area contributed by atoms with Crippen LogP contribution in [-0.4, -0.2) is 26.1 Å². The fourth-order valence-corrected chi connectivity index (χ4v) is 1.96. The largest absolute Gasteiger partial charge is 0.369 e. The Kier molecular flexibility index (Phi) is 4.52. The molecule has 2 aromatic rings. The molecule has 0 saturated heterocycles. The Morgan fingerprint density at radius 1 is 1.30 bits per heavy atom. The molecule has 0 radical (unpaired) electrons. The quantitative estimate of drug-likeness (QED) is 0.538. The number of hydrazine groups is 1. The van der Waals surface area contributed by atoms with Crippen molar-refractivity contribution in [2.45, 2.75) is 26.7 Å². The third kappa shape index (κ3) is 3.05. The van der Waals surface area contributed by atoms with Crippen molar-refractivity contribution in [1.29, 1.82) is 0 Å². The Hall–Kier alpha value is -2.15. The van der Waals surface area contributed by atoms with Gasteiger partial charge in [0.05, 0.1) is 0 Å². The summed E-state index contributed by atoms with van der Waals surface area (Å²) in [4.78, 5) is 13.1. The molecule has 4 N–H and O–H groups in total. The molecule has 0 aliphatic carbocycles. The molecule has 0 amide bonds. The average molecular weight is 275 g/mol. The number of nitrogens with zero attached hydrogens (tertiary/aromatic N) is 4. The van der Waals surface area contributed by atoms with E-state index in [1.54, 1.807) is 6.20 Å². The van der Waals surface area contributed by atoms with E-state index in [0.717, 1.165) is 42.4 Å². The number of hydrogen-bond acceptors (Lipinski definition) is 6. The molecule has 0 saturated carbocycles. The molecule has 108 valence electrons. The van der Waals surface area contributed by atoms with Crippen LogP contribution >= 0.6 is 0 Å². The van der Waals surface area contributed by atoms with Gasteiger partial charge in [0.15, 0.2) is 0 Å². The fourth-order valence-electron chi connectivity index (χ4n) is 1.96. The molecule has 0 aliphatic rings. The summed E-state index contributed by atoms with van der Waals surface area (Å²) < 4.78 is 2.01. The van der Waals surface area contributed by atoms with Crippen LogP contribution in [0.15, 0.2) is 12.4 Å². The highest BCUT2D eigenvalue weighted by Gasteiger charge is 2.09. The van der Waals surface area contributed by atoms with Crippen molar-refractivity contribution in [2.24, 2.45) is 12.9 Å². The van der Waals surface area contributed by atoms with Crippen LogP contribution in [0.25, 0.3) is 0 Å². The second-order valence-electron chi connectivity index (χ2n) is 4.59. The summed E-state index contributed by atoms with van der Waals surface area (Å²) in [7, 11) is 1.99. The molecule has 2 aromatic heterocycles. The molecular formula is C13H21N7. The molecular weight excluding hydrogens is 254 g/mol. The van der Waals surface area contributed by atoms with E-state index in [1.165, 1.54) is 0 Å². The zero-order valence-corrected chi connectivity index (χ0v) is 12.1. The second-order valence-corrected chi connectivity index (χ2v) is 4.59. The number of nitrogens with one attached hydrogen (secondary N) is 2. The third-order valence-electron chi connectivity index (χ3n) is 3.21. The number of imidazole rings is 1. The van der Waals surface area contributed by atoms with Crippen LogP contribution in [-0.2, 0) is 19.9 Å². The first-order chi connectivity index (χ1) is 9.65. The summed E-state index contributed by atoms with van der Waals surface area (Å²) >= 11 is 0. The van der Waals surface area contributed by atoms with Crippen molar-refractivity contribution in [1.82, 2.24) is 19.5 Å². The maximum Gasteiger partial charge on any atom is 0.148 e. The van der Waals surface area contributed by atoms with Crippen molar-refractivity contribution < 1.29 is 0 Å². The minimum absolute atomic E-state index is 0.663. The molecule has 7 heteroatoms. The van der Waals surface area contributed by atoms with Crippen LogP contribution < -0.4 is 16.6 Å². The van der Waals surface area contributed by atoms with E-state index in [9.17, 15) is 0 Å². The summed E-state index contributed by atoms with van der Waals surface area (Å²) in [5, 5.41) is 3.33. The van der Waals surface area contributed by atoms with E-state index < -0.39 is 0 Å². The highest BCUT2D eigenvalue weighted by Crippen LogP contribution is 2.19. The molecule has 0 unspecified atom stereocenters. The van der Waals surface area contributed by atoms with Gasteiger partial charge in [-0.15, -0.1) is 0 Å². The highest BCUT2D eigenvalue weighted by molar-refractivity contribution is 5.56. The van der Waals surface area contributed by atoms with Crippen LogP contribution in [0.5, 0.6) is 0 Å². The minimum atomic E-state index is 0.663. The molecule has 0 atom stereocenters. The second kappa shape index (κ2) is 6.33. The first-order valence-corrected chi connectivity index (χ1v) is 6.70. The molecule has 0 aromatic carbocycles. The van der Waals surface area contributed by atoms with E-state index in [4.69, 9.17) is 5.84 Å². The van der Waals surface area contributed by atoms with E-state index in [0.29, 0.717) is 5.82 Å². The summed E-state index contributed by atoms with van der Waals surface area (Å²) in [6.07, 6.45) is 5.34. The van der Waals surface area contributed by atoms with Gasteiger partial charge in [0.1, 0.15) is 23.3 Å². The maximum absolute atomic E-state index is 5.49. The van der Waals surface area contributed by atoms with Gasteiger partial charge in [-0.25, -0.2) is 20.8 Å². The molecule has 0 fully saturated rings. The molecule has 0 aliphatic heterocycles. The Bertz CT molecular complexity index is 576. The normalized spacial score (nSPS) is 10.6. The van der Waals surface area contributed by atoms with E-state index in [1.807, 2.05) is 31.7 Å². The average Bonchev–Trinajstić information content (AvgIpc) is 2.86. The van der Waals surface area contributed by atoms with Gasteiger partial charge >= 0.3 is 0 Å². The van der Waals surface area contributed by atoms with Crippen molar-refractivity contribution >= 4 is 11.6 Å². The smallest absolute Gasteiger partial charge is 0.148 e. The van der Waals surface area contributed by atoms with E-state index >= 15 is 0 Å². The Balaban J connectivity index is 2.07. The number of aromatic nitrogens is 4. The van der Waals surface area contributed by atoms with Crippen LogP contribution in [0.2, 0.25) is 0 Å². The molecule has 7 nitrogen and oxygen atoms in total. The topological polar surface area (TPSA) is 93.7 Å². The fraction of sp³-hybridized carbons (Fsp3) is 0.462. The Morgan fingerprint density at radius 3 is 2.65 bits per heavy atom. The van der Waals surface area contributed by atoms with E-state index in [-0.39, 0.29) is 0 Å². The number of aryl methyl sites for hydroxylation is 2. The lowest BCUT2D eigenvalue weighted by molar-refractivity contribution is 0.787. The summed E-state index contributed by atoms with van der Waals surface area (Å²) in [5.74, 6) is 8.77. The predicted molar refractivity (Wildman–Crippen MR) is 79.4 cm³/mol. The highest BCUT2D eigenvalue weighted by atomic mass is 15.3. The van der Waals surface area contributed by atoms with Crippen LogP contribution in [0.1, 0.15) is 24.1 Å². The summed E-state index contributed by atoms with van der Waals surface area (Å²) in [5.41, 5.74) is 3.54. The number of anilines is 2. The first kappa shape index (κ1) is 14.3. The summed E-state index contributed by atoms with van der Waals surface area (Å²) in [6.45, 7) is 4.72. The van der Waals surface area contributed by atoms with Gasteiger partial charge in [-0.1, -0.05) is 6.92 Å². The predicted octanol–water partition coefficient (Wildman–Crippen LogP) is 1.02. The third-order valence-corrected chi connectivity index (χ3v) is 3.21.